The van der Waals surface area contributed by atoms with Gasteiger partial charge in [-0.15, -0.1) is 11.3 Å². The van der Waals surface area contributed by atoms with Crippen molar-refractivity contribution in [3.05, 3.63) is 83.8 Å². The molecule has 33 heavy (non-hydrogen) atoms. The van der Waals surface area contributed by atoms with Crippen LogP contribution in [0, 0.1) is 5.82 Å². The Kier molecular flexibility index (Phi) is 5.06. The summed E-state index contributed by atoms with van der Waals surface area (Å²) >= 11 is 1.37. The molecule has 0 aliphatic heterocycles. The molecule has 5 rings (SSSR count). The van der Waals surface area contributed by atoms with Crippen LogP contribution in [-0.2, 0) is 5.60 Å². The molecule has 1 unspecified atom stereocenters. The molecule has 2 N–H and O–H groups in total. The summed E-state index contributed by atoms with van der Waals surface area (Å²) in [7, 11) is 0. The molecule has 0 saturated carbocycles. The van der Waals surface area contributed by atoms with Crippen LogP contribution in [-0.4, -0.2) is 32.6 Å². The second-order valence-corrected chi connectivity index (χ2v) is 8.44. The molecule has 2 heterocycles. The van der Waals surface area contributed by atoms with Gasteiger partial charge < -0.3 is 10.4 Å². The second kappa shape index (κ2) is 7.82. The maximum absolute atomic E-state index is 14.0. The Balaban J connectivity index is 1.48. The molecule has 0 fully saturated rings. The first kappa shape index (κ1) is 21.4. The number of rotatable bonds is 5. The van der Waals surface area contributed by atoms with Crippen molar-refractivity contribution in [1.29, 1.82) is 0 Å². The monoisotopic (exact) mass is 472 g/mol. The highest BCUT2D eigenvalue weighted by Gasteiger charge is 2.55. The summed E-state index contributed by atoms with van der Waals surface area (Å²) in [6, 6.07) is 14.6. The Morgan fingerprint density at radius 1 is 1.00 bits per heavy atom. The van der Waals surface area contributed by atoms with Gasteiger partial charge >= 0.3 is 6.18 Å². The maximum atomic E-state index is 14.0. The van der Waals surface area contributed by atoms with Gasteiger partial charge in [0.25, 0.3) is 0 Å². The van der Waals surface area contributed by atoms with Crippen molar-refractivity contribution >= 4 is 38.1 Å². The maximum Gasteiger partial charge on any atom is 0.423 e. The number of fused-ring (bicyclic) bond motifs is 2. The zero-order valence-electron chi connectivity index (χ0n) is 16.8. The number of anilines is 1. The van der Waals surface area contributed by atoms with Gasteiger partial charge in [-0.25, -0.2) is 14.1 Å². The van der Waals surface area contributed by atoms with Crippen molar-refractivity contribution in [2.75, 3.05) is 11.9 Å². The van der Waals surface area contributed by atoms with Crippen LogP contribution in [0.15, 0.2) is 72.4 Å². The summed E-state index contributed by atoms with van der Waals surface area (Å²) < 4.78 is 57.7. The first-order valence-electron chi connectivity index (χ1n) is 9.85. The first-order chi connectivity index (χ1) is 15.7. The average molecular weight is 472 g/mol. The summed E-state index contributed by atoms with van der Waals surface area (Å²) in [5.41, 5.74) is 0.486. The Bertz CT molecular complexity index is 1440. The van der Waals surface area contributed by atoms with Gasteiger partial charge in [-0.3, -0.25) is 0 Å². The van der Waals surface area contributed by atoms with Gasteiger partial charge in [0.05, 0.1) is 39.7 Å². The van der Waals surface area contributed by atoms with E-state index in [2.05, 4.69) is 15.4 Å². The molecule has 5 nitrogen and oxygen atoms in total. The molecular weight excluding hydrogens is 456 g/mol. The SMILES string of the molecule is OC(CNc1ccc2ncsc2c1)(c1ccc2c(cnn2-c2ccc(F)cc2)c1)C(F)(F)F. The molecule has 0 bridgehead atoms. The lowest BCUT2D eigenvalue weighted by molar-refractivity contribution is -0.260. The standard InChI is InChI=1S/C23H16F4N4OS/c24-16-2-5-18(6-3-16)31-20-8-1-15(9-14(20)11-30-31)22(32,23(25,26)27)12-28-17-4-7-19-21(10-17)33-13-29-19/h1-11,13,28,32H,12H2. The first-order valence-corrected chi connectivity index (χ1v) is 10.7. The Hall–Kier alpha value is -3.50. The number of nitrogens with one attached hydrogen (secondary N) is 1. The molecule has 0 radical (unpaired) electrons. The number of hydrogen-bond acceptors (Lipinski definition) is 5. The number of benzene rings is 3. The van der Waals surface area contributed by atoms with E-state index in [1.54, 1.807) is 23.7 Å². The van der Waals surface area contributed by atoms with E-state index in [0.717, 1.165) is 10.2 Å². The molecule has 10 heteroatoms. The summed E-state index contributed by atoms with van der Waals surface area (Å²) in [5, 5.41) is 18.1. The summed E-state index contributed by atoms with van der Waals surface area (Å²) in [5.74, 6) is -0.408. The number of hydrogen-bond donors (Lipinski definition) is 2. The van der Waals surface area contributed by atoms with Crippen molar-refractivity contribution in [3.63, 3.8) is 0 Å². The molecule has 0 saturated heterocycles. The lowest BCUT2D eigenvalue weighted by Gasteiger charge is -2.31. The highest BCUT2D eigenvalue weighted by molar-refractivity contribution is 7.16. The predicted molar refractivity (Wildman–Crippen MR) is 119 cm³/mol. The van der Waals surface area contributed by atoms with Crippen molar-refractivity contribution in [2.24, 2.45) is 0 Å². The fourth-order valence-electron chi connectivity index (χ4n) is 3.64. The number of halogens is 4. The molecule has 0 aliphatic rings. The van der Waals surface area contributed by atoms with Crippen molar-refractivity contribution in [3.8, 4) is 5.69 Å². The van der Waals surface area contributed by atoms with Crippen molar-refractivity contribution in [1.82, 2.24) is 14.8 Å². The number of aliphatic hydroxyl groups is 1. The van der Waals surface area contributed by atoms with E-state index in [1.165, 1.54) is 64.7 Å². The van der Waals surface area contributed by atoms with Gasteiger partial charge in [-0.1, -0.05) is 6.07 Å². The third-order valence-electron chi connectivity index (χ3n) is 5.47. The second-order valence-electron chi connectivity index (χ2n) is 7.55. The van der Waals surface area contributed by atoms with Crippen molar-refractivity contribution < 1.29 is 22.7 Å². The molecule has 1 atom stereocenters. The van der Waals surface area contributed by atoms with E-state index in [9.17, 15) is 22.7 Å². The summed E-state index contributed by atoms with van der Waals surface area (Å²) in [4.78, 5) is 4.15. The Morgan fingerprint density at radius 3 is 2.55 bits per heavy atom. The minimum atomic E-state index is -4.94. The van der Waals surface area contributed by atoms with Gasteiger partial charge in [-0.2, -0.15) is 18.3 Å². The lowest BCUT2D eigenvalue weighted by atomic mass is 9.92. The van der Waals surface area contributed by atoms with Crippen LogP contribution in [0.1, 0.15) is 5.56 Å². The molecule has 168 valence electrons. The molecule has 0 spiro atoms. The Morgan fingerprint density at radius 2 is 1.79 bits per heavy atom. The average Bonchev–Trinajstić information content (AvgIpc) is 3.43. The molecule has 2 aromatic heterocycles. The van der Waals surface area contributed by atoms with Crippen LogP contribution < -0.4 is 5.32 Å². The van der Waals surface area contributed by atoms with E-state index >= 15 is 0 Å². The summed E-state index contributed by atoms with van der Waals surface area (Å²) in [6.45, 7) is -0.779. The fourth-order valence-corrected chi connectivity index (χ4v) is 4.36. The molecule has 0 amide bonds. The third-order valence-corrected chi connectivity index (χ3v) is 6.26. The van der Waals surface area contributed by atoms with Crippen LogP contribution >= 0.6 is 11.3 Å². The molecule has 5 aromatic rings. The van der Waals surface area contributed by atoms with E-state index in [1.807, 2.05) is 0 Å². The number of alkyl halides is 3. The van der Waals surface area contributed by atoms with Gasteiger partial charge in [-0.05, 0) is 60.2 Å². The quantitative estimate of drug-likeness (QED) is 0.325. The van der Waals surface area contributed by atoms with Crippen LogP contribution in [0.5, 0.6) is 0 Å². The van der Waals surface area contributed by atoms with Crippen LogP contribution in [0.25, 0.3) is 26.8 Å². The van der Waals surface area contributed by atoms with Crippen molar-refractivity contribution in [2.45, 2.75) is 11.8 Å². The highest BCUT2D eigenvalue weighted by Crippen LogP contribution is 2.40. The van der Waals surface area contributed by atoms with Crippen LogP contribution in [0.4, 0.5) is 23.2 Å². The van der Waals surface area contributed by atoms with E-state index < -0.39 is 24.1 Å². The van der Waals surface area contributed by atoms with E-state index in [4.69, 9.17) is 0 Å². The van der Waals surface area contributed by atoms with E-state index in [-0.39, 0.29) is 5.56 Å². The van der Waals surface area contributed by atoms with Crippen LogP contribution in [0.2, 0.25) is 0 Å². The van der Waals surface area contributed by atoms with Crippen LogP contribution in [0.3, 0.4) is 0 Å². The normalized spacial score (nSPS) is 14.0. The van der Waals surface area contributed by atoms with Gasteiger partial charge in [0.1, 0.15) is 5.82 Å². The van der Waals surface area contributed by atoms with Gasteiger partial charge in [0, 0.05) is 11.1 Å². The molecular formula is C23H16F4N4OS. The third kappa shape index (κ3) is 3.81. The minimum Gasteiger partial charge on any atom is -0.381 e. The topological polar surface area (TPSA) is 63.0 Å². The fraction of sp³-hybridized carbons (Fsp3) is 0.130. The number of nitrogens with zero attached hydrogens (tertiary/aromatic N) is 3. The molecule has 3 aromatic carbocycles. The minimum absolute atomic E-state index is 0.312. The zero-order valence-corrected chi connectivity index (χ0v) is 17.7. The van der Waals surface area contributed by atoms with Gasteiger partial charge in [0.2, 0.25) is 5.60 Å². The predicted octanol–water partition coefficient (Wildman–Crippen LogP) is 5.64. The van der Waals surface area contributed by atoms with Gasteiger partial charge in [0.15, 0.2) is 0 Å². The number of aromatic nitrogens is 3. The Labute approximate surface area is 188 Å². The lowest BCUT2D eigenvalue weighted by Crippen LogP contribution is -2.47. The molecule has 0 aliphatic carbocycles. The number of thiazole rings is 1. The highest BCUT2D eigenvalue weighted by atomic mass is 32.1. The van der Waals surface area contributed by atoms with E-state index in [0.29, 0.717) is 22.3 Å². The largest absolute Gasteiger partial charge is 0.423 e. The smallest absolute Gasteiger partial charge is 0.381 e. The summed E-state index contributed by atoms with van der Waals surface area (Å²) in [6.07, 6.45) is -3.53. The zero-order chi connectivity index (χ0) is 23.2.